The zero-order chi connectivity index (χ0) is 9.33. The van der Waals surface area contributed by atoms with Crippen molar-refractivity contribution in [1.29, 1.82) is 0 Å². The monoisotopic (exact) mass is 182 g/mol. The van der Waals surface area contributed by atoms with Gasteiger partial charge in [0, 0.05) is 0 Å². The molecule has 70 valence electrons. The maximum atomic E-state index is 9.41. The van der Waals surface area contributed by atoms with Crippen molar-refractivity contribution in [2.24, 2.45) is 10.9 Å². The molecule has 0 fully saturated rings. The molecule has 0 saturated carbocycles. The summed E-state index contributed by atoms with van der Waals surface area (Å²) in [6.45, 7) is 3.03. The van der Waals surface area contributed by atoms with Crippen molar-refractivity contribution < 1.29 is 8.42 Å². The third kappa shape index (κ3) is 74.2. The average Bonchev–Trinajstić information content (AvgIpc) is 1.79. The molecule has 0 rings (SSSR count). The molecule has 0 amide bonds. The molecule has 0 aromatic carbocycles. The molecular formula is C6H18N2O2S. The largest absolute Gasteiger partial charge is 0.330 e. The topological polar surface area (TPSA) is 86.2 Å². The van der Waals surface area contributed by atoms with E-state index in [9.17, 15) is 8.42 Å². The summed E-state index contributed by atoms with van der Waals surface area (Å²) in [5, 5.41) is 4.33. The Kier molecular flexibility index (Phi) is 9.75. The van der Waals surface area contributed by atoms with Crippen molar-refractivity contribution in [3.63, 3.8) is 0 Å². The third-order valence-electron chi connectivity index (χ3n) is 0.808. The minimum atomic E-state index is -3.17. The predicted octanol–water partition coefficient (Wildman–Crippen LogP) is 0.0400. The second-order valence-electron chi connectivity index (χ2n) is 2.33. The number of hydrogen-bond donors (Lipinski definition) is 2. The van der Waals surface area contributed by atoms with Gasteiger partial charge in [0.1, 0.15) is 0 Å². The molecule has 0 heterocycles. The van der Waals surface area contributed by atoms with Crippen molar-refractivity contribution in [3.8, 4) is 0 Å². The van der Waals surface area contributed by atoms with Crippen LogP contribution in [-0.4, -0.2) is 21.2 Å². The number of unbranched alkanes of at least 4 members (excludes halogenated alkanes) is 2. The van der Waals surface area contributed by atoms with Gasteiger partial charge in [0.15, 0.2) is 0 Å². The van der Waals surface area contributed by atoms with Crippen molar-refractivity contribution >= 4 is 10.0 Å². The van der Waals surface area contributed by atoms with Crippen LogP contribution in [-0.2, 0) is 10.0 Å². The van der Waals surface area contributed by atoms with Crippen molar-refractivity contribution in [3.05, 3.63) is 0 Å². The first-order valence-corrected chi connectivity index (χ1v) is 5.55. The normalized spacial score (nSPS) is 10.2. The molecule has 0 unspecified atom stereocenters. The highest BCUT2D eigenvalue weighted by Gasteiger charge is 1.78. The lowest BCUT2D eigenvalue weighted by atomic mass is 10.3. The molecule has 0 bridgehead atoms. The first-order valence-electron chi connectivity index (χ1n) is 3.59. The lowest BCUT2D eigenvalue weighted by Gasteiger charge is -1.86. The molecule has 0 aromatic heterocycles. The Morgan fingerprint density at radius 2 is 1.64 bits per heavy atom. The summed E-state index contributed by atoms with van der Waals surface area (Å²) in [6.07, 6.45) is 4.69. The van der Waals surface area contributed by atoms with E-state index in [1.807, 2.05) is 0 Å². The molecule has 0 aliphatic carbocycles. The van der Waals surface area contributed by atoms with E-state index in [1.54, 1.807) is 0 Å². The van der Waals surface area contributed by atoms with Crippen LogP contribution in [0.4, 0.5) is 0 Å². The highest BCUT2D eigenvalue weighted by Crippen LogP contribution is 1.88. The first kappa shape index (κ1) is 13.5. The maximum Gasteiger partial charge on any atom is 0.206 e. The Labute approximate surface area is 69.0 Å². The van der Waals surface area contributed by atoms with Crippen molar-refractivity contribution in [2.75, 3.05) is 12.8 Å². The minimum absolute atomic E-state index is 0.855. The summed E-state index contributed by atoms with van der Waals surface area (Å²) >= 11 is 0. The lowest BCUT2D eigenvalue weighted by molar-refractivity contribution is 0.603. The molecular weight excluding hydrogens is 164 g/mol. The zero-order valence-corrected chi connectivity index (χ0v) is 8.02. The molecule has 0 radical (unpaired) electrons. The molecule has 0 spiro atoms. The maximum absolute atomic E-state index is 9.41. The summed E-state index contributed by atoms with van der Waals surface area (Å²) in [7, 11) is -3.17. The van der Waals surface area contributed by atoms with Crippen molar-refractivity contribution in [1.82, 2.24) is 0 Å². The van der Waals surface area contributed by atoms with E-state index >= 15 is 0 Å². The van der Waals surface area contributed by atoms with E-state index in [2.05, 4.69) is 12.1 Å². The Bertz CT molecular complexity index is 142. The molecule has 11 heavy (non-hydrogen) atoms. The molecule has 0 saturated heterocycles. The first-order chi connectivity index (χ1) is 4.91. The van der Waals surface area contributed by atoms with Gasteiger partial charge in [0.25, 0.3) is 0 Å². The van der Waals surface area contributed by atoms with Crippen molar-refractivity contribution in [2.45, 2.75) is 26.2 Å². The van der Waals surface area contributed by atoms with E-state index in [4.69, 9.17) is 5.73 Å². The standard InChI is InChI=1S/C5H13N.CH5NO2S/c1-2-3-4-5-6;1-5(2,3)4/h2-6H2,1H3;1H3,(H2,2,3,4). The van der Waals surface area contributed by atoms with Gasteiger partial charge in [-0.25, -0.2) is 13.6 Å². The molecule has 0 aromatic rings. The fraction of sp³-hybridized carbons (Fsp3) is 1.00. The molecule has 0 aliphatic heterocycles. The van der Waals surface area contributed by atoms with Gasteiger partial charge in [-0.05, 0) is 13.0 Å². The van der Waals surface area contributed by atoms with Crippen LogP contribution in [0.3, 0.4) is 0 Å². The molecule has 0 aliphatic rings. The van der Waals surface area contributed by atoms with E-state index < -0.39 is 10.0 Å². The van der Waals surface area contributed by atoms with Gasteiger partial charge in [-0.3, -0.25) is 0 Å². The van der Waals surface area contributed by atoms with Crippen LogP contribution < -0.4 is 10.9 Å². The summed E-state index contributed by atoms with van der Waals surface area (Å²) in [4.78, 5) is 0. The van der Waals surface area contributed by atoms with Crippen LogP contribution in [0.25, 0.3) is 0 Å². The number of rotatable bonds is 3. The van der Waals surface area contributed by atoms with Crippen LogP contribution >= 0.6 is 0 Å². The highest BCUT2D eigenvalue weighted by molar-refractivity contribution is 7.88. The smallest absolute Gasteiger partial charge is 0.206 e. The molecule has 0 atom stereocenters. The van der Waals surface area contributed by atoms with Crippen LogP contribution in [0.1, 0.15) is 26.2 Å². The molecule has 4 N–H and O–H groups in total. The van der Waals surface area contributed by atoms with E-state index in [0.717, 1.165) is 12.8 Å². The van der Waals surface area contributed by atoms with Gasteiger partial charge in [0.2, 0.25) is 10.0 Å². The summed E-state index contributed by atoms with van der Waals surface area (Å²) < 4.78 is 18.8. The highest BCUT2D eigenvalue weighted by atomic mass is 32.2. The van der Waals surface area contributed by atoms with E-state index in [0.29, 0.717) is 0 Å². The predicted molar refractivity (Wildman–Crippen MR) is 47.6 cm³/mol. The van der Waals surface area contributed by atoms with Gasteiger partial charge >= 0.3 is 0 Å². The van der Waals surface area contributed by atoms with Gasteiger partial charge in [-0.2, -0.15) is 0 Å². The van der Waals surface area contributed by atoms with Gasteiger partial charge < -0.3 is 5.73 Å². The summed E-state index contributed by atoms with van der Waals surface area (Å²) in [6, 6.07) is 0. The number of sulfonamides is 1. The summed E-state index contributed by atoms with van der Waals surface area (Å²) in [5.74, 6) is 0. The third-order valence-corrected chi connectivity index (χ3v) is 0.808. The Balaban J connectivity index is 0. The fourth-order valence-electron chi connectivity index (χ4n) is 0.394. The van der Waals surface area contributed by atoms with Crippen LogP contribution in [0.5, 0.6) is 0 Å². The number of hydrogen-bond acceptors (Lipinski definition) is 3. The van der Waals surface area contributed by atoms with Gasteiger partial charge in [-0.1, -0.05) is 19.8 Å². The van der Waals surface area contributed by atoms with Crippen LogP contribution in [0, 0.1) is 0 Å². The van der Waals surface area contributed by atoms with Crippen LogP contribution in [0.15, 0.2) is 0 Å². The van der Waals surface area contributed by atoms with E-state index in [-0.39, 0.29) is 0 Å². The van der Waals surface area contributed by atoms with E-state index in [1.165, 1.54) is 19.3 Å². The Hall–Kier alpha value is -0.130. The summed E-state index contributed by atoms with van der Waals surface area (Å²) in [5.41, 5.74) is 5.21. The van der Waals surface area contributed by atoms with Crippen LogP contribution in [0.2, 0.25) is 0 Å². The minimum Gasteiger partial charge on any atom is -0.330 e. The Morgan fingerprint density at radius 1 is 1.27 bits per heavy atom. The van der Waals surface area contributed by atoms with Gasteiger partial charge in [0.05, 0.1) is 6.26 Å². The fourth-order valence-corrected chi connectivity index (χ4v) is 0.394. The second kappa shape index (κ2) is 7.97. The molecule has 5 heteroatoms. The number of nitrogens with two attached hydrogens (primary N) is 2. The average molecular weight is 182 g/mol. The second-order valence-corrected chi connectivity index (χ2v) is 3.98. The quantitative estimate of drug-likeness (QED) is 0.604. The van der Waals surface area contributed by atoms with Gasteiger partial charge in [-0.15, -0.1) is 0 Å². The zero-order valence-electron chi connectivity index (χ0n) is 7.21. The number of primary sulfonamides is 1. The molecule has 4 nitrogen and oxygen atoms in total. The lowest BCUT2D eigenvalue weighted by Crippen LogP contribution is -2.07. The Morgan fingerprint density at radius 3 is 1.73 bits per heavy atom. The SMILES string of the molecule is CCCCCN.CS(N)(=O)=O.